The summed E-state index contributed by atoms with van der Waals surface area (Å²) >= 11 is 7.41. The maximum atomic E-state index is 9.40. The van der Waals surface area contributed by atoms with Gasteiger partial charge in [0.15, 0.2) is 5.82 Å². The standard InChI is InChI=1S/C18H15ClN4OS/c1-11-14(10-20)25-18-15(11)17(23-6-8-24-9-7-23)21-16(22-18)12-2-4-13(19)5-3-12/h2-5H,6-9H2,1H3. The minimum atomic E-state index is 0.649. The van der Waals surface area contributed by atoms with Crippen molar-refractivity contribution in [3.05, 3.63) is 39.7 Å². The molecule has 0 radical (unpaired) electrons. The average molecular weight is 371 g/mol. The van der Waals surface area contributed by atoms with Crippen molar-refractivity contribution in [1.29, 1.82) is 5.26 Å². The Morgan fingerprint density at radius 1 is 1.20 bits per heavy atom. The third kappa shape index (κ3) is 2.95. The molecule has 0 saturated carbocycles. The van der Waals surface area contributed by atoms with Crippen molar-refractivity contribution < 1.29 is 4.74 Å². The van der Waals surface area contributed by atoms with E-state index in [1.807, 2.05) is 31.2 Å². The van der Waals surface area contributed by atoms with Crippen LogP contribution in [0.3, 0.4) is 0 Å². The van der Waals surface area contributed by atoms with Crippen LogP contribution in [-0.2, 0) is 4.74 Å². The molecule has 1 aliphatic rings. The molecule has 3 heterocycles. The minimum Gasteiger partial charge on any atom is -0.378 e. The van der Waals surface area contributed by atoms with Crippen molar-refractivity contribution in [2.75, 3.05) is 31.2 Å². The first-order valence-electron chi connectivity index (χ1n) is 7.97. The first-order chi connectivity index (χ1) is 12.2. The van der Waals surface area contributed by atoms with Crippen LogP contribution in [-0.4, -0.2) is 36.3 Å². The van der Waals surface area contributed by atoms with Gasteiger partial charge in [-0.2, -0.15) is 5.26 Å². The molecule has 7 heteroatoms. The Labute approximate surface area is 154 Å². The number of benzene rings is 1. The molecular weight excluding hydrogens is 356 g/mol. The Bertz CT molecular complexity index is 971. The minimum absolute atomic E-state index is 0.649. The van der Waals surface area contributed by atoms with E-state index in [0.717, 1.165) is 40.3 Å². The number of fused-ring (bicyclic) bond motifs is 1. The van der Waals surface area contributed by atoms with E-state index in [2.05, 4.69) is 11.0 Å². The van der Waals surface area contributed by atoms with Gasteiger partial charge in [0.1, 0.15) is 21.6 Å². The summed E-state index contributed by atoms with van der Waals surface area (Å²) < 4.78 is 5.47. The molecule has 126 valence electrons. The van der Waals surface area contributed by atoms with Crippen molar-refractivity contribution in [2.45, 2.75) is 6.92 Å². The van der Waals surface area contributed by atoms with E-state index in [-0.39, 0.29) is 0 Å². The second-order valence-corrected chi connectivity index (χ2v) is 7.26. The molecule has 1 saturated heterocycles. The smallest absolute Gasteiger partial charge is 0.163 e. The van der Waals surface area contributed by atoms with Crippen LogP contribution in [0.25, 0.3) is 21.6 Å². The summed E-state index contributed by atoms with van der Waals surface area (Å²) in [5.41, 5.74) is 1.86. The highest BCUT2D eigenvalue weighted by atomic mass is 35.5. The number of aromatic nitrogens is 2. The summed E-state index contributed by atoms with van der Waals surface area (Å²) in [5.74, 6) is 1.53. The van der Waals surface area contributed by atoms with Crippen LogP contribution in [0.1, 0.15) is 10.4 Å². The Kier molecular flexibility index (Phi) is 4.30. The van der Waals surface area contributed by atoms with Crippen molar-refractivity contribution in [1.82, 2.24) is 9.97 Å². The van der Waals surface area contributed by atoms with Crippen LogP contribution in [0.5, 0.6) is 0 Å². The van der Waals surface area contributed by atoms with Crippen LogP contribution < -0.4 is 4.90 Å². The van der Waals surface area contributed by atoms with E-state index in [4.69, 9.17) is 26.3 Å². The van der Waals surface area contributed by atoms with E-state index in [0.29, 0.717) is 28.9 Å². The molecule has 2 aromatic heterocycles. The molecule has 0 spiro atoms. The van der Waals surface area contributed by atoms with Crippen LogP contribution in [0.4, 0.5) is 5.82 Å². The predicted molar refractivity (Wildman–Crippen MR) is 100 cm³/mol. The zero-order chi connectivity index (χ0) is 17.4. The van der Waals surface area contributed by atoms with Crippen LogP contribution in [0.2, 0.25) is 5.02 Å². The third-order valence-electron chi connectivity index (χ3n) is 4.29. The second kappa shape index (κ2) is 6.60. The van der Waals surface area contributed by atoms with Crippen LogP contribution in [0.15, 0.2) is 24.3 Å². The van der Waals surface area contributed by atoms with Crippen LogP contribution in [0, 0.1) is 18.3 Å². The number of hydrogen-bond acceptors (Lipinski definition) is 6. The zero-order valence-corrected chi connectivity index (χ0v) is 15.2. The van der Waals surface area contributed by atoms with Gasteiger partial charge in [-0.1, -0.05) is 11.6 Å². The SMILES string of the molecule is Cc1c(C#N)sc2nc(-c3ccc(Cl)cc3)nc(N3CCOCC3)c12. The highest BCUT2D eigenvalue weighted by molar-refractivity contribution is 7.19. The number of hydrogen-bond donors (Lipinski definition) is 0. The predicted octanol–water partition coefficient (Wildman–Crippen LogP) is 4.03. The third-order valence-corrected chi connectivity index (χ3v) is 5.63. The number of nitriles is 1. The number of nitrogens with zero attached hydrogens (tertiary/aromatic N) is 4. The summed E-state index contributed by atoms with van der Waals surface area (Å²) in [6.07, 6.45) is 0. The fraction of sp³-hybridized carbons (Fsp3) is 0.278. The molecule has 0 bridgehead atoms. The molecule has 0 unspecified atom stereocenters. The molecule has 0 atom stereocenters. The quantitative estimate of drug-likeness (QED) is 0.681. The highest BCUT2D eigenvalue weighted by Gasteiger charge is 2.22. The number of morpholine rings is 1. The summed E-state index contributed by atoms with van der Waals surface area (Å²) in [7, 11) is 0. The van der Waals surface area contributed by atoms with Gasteiger partial charge >= 0.3 is 0 Å². The summed E-state index contributed by atoms with van der Waals surface area (Å²) in [4.78, 5) is 13.3. The number of aryl methyl sites for hydroxylation is 1. The molecular formula is C18H15ClN4OS. The van der Waals surface area contributed by atoms with E-state index in [1.165, 1.54) is 11.3 Å². The molecule has 0 amide bonds. The molecule has 0 N–H and O–H groups in total. The molecule has 5 nitrogen and oxygen atoms in total. The fourth-order valence-electron chi connectivity index (χ4n) is 2.96. The zero-order valence-electron chi connectivity index (χ0n) is 13.6. The largest absolute Gasteiger partial charge is 0.378 e. The number of anilines is 1. The molecule has 4 rings (SSSR count). The lowest BCUT2D eigenvalue weighted by Crippen LogP contribution is -2.37. The Hall–Kier alpha value is -2.20. The van der Waals surface area contributed by atoms with Gasteiger partial charge in [-0.3, -0.25) is 0 Å². The number of ether oxygens (including phenoxy) is 1. The molecule has 3 aromatic rings. The van der Waals surface area contributed by atoms with Crippen LogP contribution >= 0.6 is 22.9 Å². The topological polar surface area (TPSA) is 62.0 Å². The summed E-state index contributed by atoms with van der Waals surface area (Å²) in [6, 6.07) is 9.77. The van der Waals surface area contributed by atoms with Crippen molar-refractivity contribution in [3.63, 3.8) is 0 Å². The number of thiophene rings is 1. The van der Waals surface area contributed by atoms with Gasteiger partial charge < -0.3 is 9.64 Å². The van der Waals surface area contributed by atoms with Crippen molar-refractivity contribution in [2.24, 2.45) is 0 Å². The number of halogens is 1. The fourth-order valence-corrected chi connectivity index (χ4v) is 4.06. The second-order valence-electron chi connectivity index (χ2n) is 5.83. The number of rotatable bonds is 2. The monoisotopic (exact) mass is 370 g/mol. The van der Waals surface area contributed by atoms with Gasteiger partial charge in [-0.15, -0.1) is 11.3 Å². The highest BCUT2D eigenvalue weighted by Crippen LogP contribution is 2.37. The van der Waals surface area contributed by atoms with Gasteiger partial charge in [0.2, 0.25) is 0 Å². The maximum absolute atomic E-state index is 9.40. The summed E-state index contributed by atoms with van der Waals surface area (Å²) in [5, 5.41) is 11.1. The molecule has 1 aromatic carbocycles. The summed E-state index contributed by atoms with van der Waals surface area (Å²) in [6.45, 7) is 4.88. The van der Waals surface area contributed by atoms with Crippen molar-refractivity contribution in [3.8, 4) is 17.5 Å². The van der Waals surface area contributed by atoms with E-state index in [1.54, 1.807) is 0 Å². The lowest BCUT2D eigenvalue weighted by atomic mass is 10.1. The molecule has 1 fully saturated rings. The first kappa shape index (κ1) is 16.3. The Balaban J connectivity index is 1.94. The van der Waals surface area contributed by atoms with Gasteiger partial charge in [-0.05, 0) is 36.8 Å². The first-order valence-corrected chi connectivity index (χ1v) is 9.16. The van der Waals surface area contributed by atoms with E-state index >= 15 is 0 Å². The normalized spacial score (nSPS) is 14.7. The lowest BCUT2D eigenvalue weighted by Gasteiger charge is -2.28. The molecule has 25 heavy (non-hydrogen) atoms. The molecule has 0 aliphatic carbocycles. The molecule has 1 aliphatic heterocycles. The lowest BCUT2D eigenvalue weighted by molar-refractivity contribution is 0.122. The van der Waals surface area contributed by atoms with E-state index in [9.17, 15) is 5.26 Å². The van der Waals surface area contributed by atoms with Gasteiger partial charge in [0.25, 0.3) is 0 Å². The van der Waals surface area contributed by atoms with Gasteiger partial charge in [0, 0.05) is 23.7 Å². The maximum Gasteiger partial charge on any atom is 0.163 e. The van der Waals surface area contributed by atoms with Gasteiger partial charge in [0.05, 0.1) is 18.6 Å². The average Bonchev–Trinajstić information content (AvgIpc) is 2.98. The Morgan fingerprint density at radius 3 is 2.60 bits per heavy atom. The van der Waals surface area contributed by atoms with Gasteiger partial charge in [-0.25, -0.2) is 9.97 Å². The van der Waals surface area contributed by atoms with E-state index < -0.39 is 0 Å². The Morgan fingerprint density at radius 2 is 1.92 bits per heavy atom. The van der Waals surface area contributed by atoms with Crippen molar-refractivity contribution >= 4 is 39.0 Å².